The van der Waals surface area contributed by atoms with Crippen molar-refractivity contribution >= 4 is 40.5 Å². The third-order valence-corrected chi connectivity index (χ3v) is 5.90. The Morgan fingerprint density at radius 1 is 1.39 bits per heavy atom. The number of benzene rings is 1. The first-order valence-corrected chi connectivity index (χ1v) is 10.1. The second-order valence-corrected chi connectivity index (χ2v) is 7.95. The zero-order valence-corrected chi connectivity index (χ0v) is 16.3. The van der Waals surface area contributed by atoms with Crippen LogP contribution in [0.2, 0.25) is 0 Å². The highest BCUT2D eigenvalue weighted by atomic mass is 32.1. The molecule has 1 aromatic heterocycles. The SMILES string of the molecule is CC(OC(=O)c1ccc2c(c1)NC(=O)C1CCCN21)C(=O)NCc1cccs1. The van der Waals surface area contributed by atoms with Crippen LogP contribution in [0.25, 0.3) is 0 Å². The summed E-state index contributed by atoms with van der Waals surface area (Å²) >= 11 is 1.55. The Bertz CT molecular complexity index is 912. The first-order valence-electron chi connectivity index (χ1n) is 9.25. The van der Waals surface area contributed by atoms with E-state index in [9.17, 15) is 14.4 Å². The number of hydrogen-bond donors (Lipinski definition) is 2. The first kappa shape index (κ1) is 18.5. The van der Waals surface area contributed by atoms with E-state index in [0.717, 1.165) is 30.0 Å². The Morgan fingerprint density at radius 3 is 3.04 bits per heavy atom. The number of anilines is 2. The van der Waals surface area contributed by atoms with Crippen LogP contribution in [0.15, 0.2) is 35.7 Å². The maximum Gasteiger partial charge on any atom is 0.338 e. The first-order chi connectivity index (χ1) is 13.5. The van der Waals surface area contributed by atoms with Gasteiger partial charge in [0.05, 0.1) is 23.5 Å². The van der Waals surface area contributed by atoms with E-state index in [1.807, 2.05) is 23.6 Å². The highest BCUT2D eigenvalue weighted by Gasteiger charge is 2.36. The van der Waals surface area contributed by atoms with E-state index in [-0.39, 0.29) is 17.9 Å². The molecule has 2 amide bonds. The van der Waals surface area contributed by atoms with Crippen LogP contribution in [0.3, 0.4) is 0 Å². The smallest absolute Gasteiger partial charge is 0.338 e. The molecule has 7 nitrogen and oxygen atoms in total. The lowest BCUT2D eigenvalue weighted by Crippen LogP contribution is -2.44. The van der Waals surface area contributed by atoms with Gasteiger partial charge in [-0.3, -0.25) is 9.59 Å². The van der Waals surface area contributed by atoms with E-state index in [1.165, 1.54) is 6.92 Å². The molecule has 4 rings (SSSR count). The fourth-order valence-electron chi connectivity index (χ4n) is 3.57. The maximum atomic E-state index is 12.5. The van der Waals surface area contributed by atoms with Gasteiger partial charge >= 0.3 is 5.97 Å². The molecular formula is C20H21N3O4S. The molecule has 2 unspecified atom stereocenters. The fraction of sp³-hybridized carbons (Fsp3) is 0.350. The molecular weight excluding hydrogens is 378 g/mol. The summed E-state index contributed by atoms with van der Waals surface area (Å²) in [6.45, 7) is 2.77. The van der Waals surface area contributed by atoms with Gasteiger partial charge in [-0.1, -0.05) is 6.07 Å². The quantitative estimate of drug-likeness (QED) is 0.755. The molecule has 0 spiro atoms. The van der Waals surface area contributed by atoms with Crippen molar-refractivity contribution in [3.05, 3.63) is 46.2 Å². The van der Waals surface area contributed by atoms with Crippen LogP contribution in [0.1, 0.15) is 35.0 Å². The summed E-state index contributed by atoms with van der Waals surface area (Å²) < 4.78 is 5.30. The molecule has 0 saturated carbocycles. The van der Waals surface area contributed by atoms with Crippen molar-refractivity contribution in [1.29, 1.82) is 0 Å². The second-order valence-electron chi connectivity index (χ2n) is 6.92. The van der Waals surface area contributed by atoms with Gasteiger partial charge in [0.15, 0.2) is 6.10 Å². The zero-order chi connectivity index (χ0) is 19.7. The monoisotopic (exact) mass is 399 g/mol. The number of carbonyl (C=O) groups is 3. The third kappa shape index (κ3) is 3.60. The Hall–Kier alpha value is -2.87. The van der Waals surface area contributed by atoms with Crippen LogP contribution in [-0.4, -0.2) is 36.5 Å². The van der Waals surface area contributed by atoms with Gasteiger partial charge in [-0.25, -0.2) is 4.79 Å². The second kappa shape index (κ2) is 7.63. The number of fused-ring (bicyclic) bond motifs is 3. The van der Waals surface area contributed by atoms with Gasteiger partial charge in [0, 0.05) is 11.4 Å². The number of carbonyl (C=O) groups excluding carboxylic acids is 3. The Kier molecular flexibility index (Phi) is 5.04. The number of nitrogens with zero attached hydrogens (tertiary/aromatic N) is 1. The maximum absolute atomic E-state index is 12.5. The molecule has 3 heterocycles. The van der Waals surface area contributed by atoms with Gasteiger partial charge in [0.2, 0.25) is 5.91 Å². The average Bonchev–Trinajstić information content (AvgIpc) is 3.37. The van der Waals surface area contributed by atoms with Crippen molar-refractivity contribution in [1.82, 2.24) is 5.32 Å². The number of rotatable bonds is 5. The molecule has 8 heteroatoms. The summed E-state index contributed by atoms with van der Waals surface area (Å²) in [5, 5.41) is 7.56. The molecule has 1 saturated heterocycles. The summed E-state index contributed by atoms with van der Waals surface area (Å²) in [7, 11) is 0. The van der Waals surface area contributed by atoms with Crippen molar-refractivity contribution in [2.45, 2.75) is 38.5 Å². The van der Waals surface area contributed by atoms with Gasteiger partial charge in [0.25, 0.3) is 5.91 Å². The lowest BCUT2D eigenvalue weighted by atomic mass is 10.1. The van der Waals surface area contributed by atoms with Crippen molar-refractivity contribution in [2.75, 3.05) is 16.8 Å². The van der Waals surface area contributed by atoms with Crippen LogP contribution in [0, 0.1) is 0 Å². The van der Waals surface area contributed by atoms with Gasteiger partial charge in [-0.15, -0.1) is 11.3 Å². The lowest BCUT2D eigenvalue weighted by molar-refractivity contribution is -0.129. The van der Waals surface area contributed by atoms with E-state index < -0.39 is 12.1 Å². The summed E-state index contributed by atoms with van der Waals surface area (Å²) in [5.74, 6) is -0.996. The highest BCUT2D eigenvalue weighted by Crippen LogP contribution is 2.37. The number of amides is 2. The van der Waals surface area contributed by atoms with Gasteiger partial charge in [-0.05, 0) is 49.4 Å². The Labute approximate surface area is 166 Å². The molecule has 2 aromatic rings. The zero-order valence-electron chi connectivity index (χ0n) is 15.4. The molecule has 28 heavy (non-hydrogen) atoms. The van der Waals surface area contributed by atoms with Crippen molar-refractivity contribution in [2.24, 2.45) is 0 Å². The summed E-state index contributed by atoms with van der Waals surface area (Å²) in [6.07, 6.45) is 0.896. The Balaban J connectivity index is 1.40. The molecule has 146 valence electrons. The minimum atomic E-state index is -0.916. The number of ether oxygens (including phenoxy) is 1. The number of nitrogens with one attached hydrogen (secondary N) is 2. The molecule has 2 aliphatic heterocycles. The van der Waals surface area contributed by atoms with Gasteiger partial charge < -0.3 is 20.3 Å². The van der Waals surface area contributed by atoms with Crippen molar-refractivity contribution < 1.29 is 19.1 Å². The molecule has 2 N–H and O–H groups in total. The minimum Gasteiger partial charge on any atom is -0.449 e. The fourth-order valence-corrected chi connectivity index (χ4v) is 4.22. The molecule has 0 aliphatic carbocycles. The molecule has 1 fully saturated rings. The highest BCUT2D eigenvalue weighted by molar-refractivity contribution is 7.09. The molecule has 1 aromatic carbocycles. The minimum absolute atomic E-state index is 0.0446. The van der Waals surface area contributed by atoms with Crippen molar-refractivity contribution in [3.63, 3.8) is 0 Å². The van der Waals surface area contributed by atoms with Crippen molar-refractivity contribution in [3.8, 4) is 0 Å². The van der Waals surface area contributed by atoms with Crippen LogP contribution >= 0.6 is 11.3 Å². The molecule has 2 aliphatic rings. The van der Waals surface area contributed by atoms with Crippen LogP contribution in [0.4, 0.5) is 11.4 Å². The summed E-state index contributed by atoms with van der Waals surface area (Å²) in [4.78, 5) is 40.0. The normalized spacial score (nSPS) is 18.7. The van der Waals surface area contributed by atoms with Gasteiger partial charge in [0.1, 0.15) is 6.04 Å². The van der Waals surface area contributed by atoms with Gasteiger partial charge in [-0.2, -0.15) is 0 Å². The predicted octanol–water partition coefficient (Wildman–Crippen LogP) is 2.53. The molecule has 0 bridgehead atoms. The molecule has 2 atom stereocenters. The Morgan fingerprint density at radius 2 is 2.25 bits per heavy atom. The van der Waals surface area contributed by atoms with E-state index >= 15 is 0 Å². The number of thiophene rings is 1. The third-order valence-electron chi connectivity index (χ3n) is 5.02. The lowest BCUT2D eigenvalue weighted by Gasteiger charge is -2.33. The van der Waals surface area contributed by atoms with Crippen LogP contribution < -0.4 is 15.5 Å². The number of esters is 1. The number of hydrogen-bond acceptors (Lipinski definition) is 6. The summed E-state index contributed by atoms with van der Waals surface area (Å²) in [6, 6.07) is 8.82. The average molecular weight is 399 g/mol. The van der Waals surface area contributed by atoms with E-state index in [2.05, 4.69) is 15.5 Å². The van der Waals surface area contributed by atoms with E-state index in [4.69, 9.17) is 4.74 Å². The summed E-state index contributed by atoms with van der Waals surface area (Å²) in [5.41, 5.74) is 1.82. The van der Waals surface area contributed by atoms with Crippen LogP contribution in [-0.2, 0) is 20.9 Å². The largest absolute Gasteiger partial charge is 0.449 e. The molecule has 0 radical (unpaired) electrons. The standard InChI is InChI=1S/C20H21N3O4S/c1-12(18(24)21-11-14-4-3-9-28-14)27-20(26)13-6-7-16-15(10-13)22-19(25)17-5-2-8-23(16)17/h3-4,6-7,9-10,12,17H,2,5,8,11H2,1H3,(H,21,24)(H,22,25). The predicted molar refractivity (Wildman–Crippen MR) is 106 cm³/mol. The van der Waals surface area contributed by atoms with E-state index in [1.54, 1.807) is 23.5 Å². The van der Waals surface area contributed by atoms with Crippen LogP contribution in [0.5, 0.6) is 0 Å². The van der Waals surface area contributed by atoms with E-state index in [0.29, 0.717) is 17.8 Å². The topological polar surface area (TPSA) is 87.7 Å².